The Morgan fingerprint density at radius 2 is 1.91 bits per heavy atom. The standard InChI is InChI=1S/C15H11NO5S/c1-6-3-9(17)12-11(20-6)5-10-7(13(12)19-2)4-8(14(16)22)15(18)21-10/h3-5H,1-2H3,(H2,16,22). The van der Waals surface area contributed by atoms with Crippen molar-refractivity contribution >= 4 is 39.1 Å². The molecule has 0 spiro atoms. The van der Waals surface area contributed by atoms with Gasteiger partial charge in [0.1, 0.15) is 33.1 Å². The number of methoxy groups -OCH3 is 1. The quantitative estimate of drug-likeness (QED) is 0.438. The van der Waals surface area contributed by atoms with Gasteiger partial charge in [-0.2, -0.15) is 0 Å². The van der Waals surface area contributed by atoms with E-state index >= 15 is 0 Å². The van der Waals surface area contributed by atoms with E-state index in [9.17, 15) is 9.59 Å². The van der Waals surface area contributed by atoms with E-state index in [0.717, 1.165) is 0 Å². The summed E-state index contributed by atoms with van der Waals surface area (Å²) < 4.78 is 16.1. The molecule has 0 fully saturated rings. The summed E-state index contributed by atoms with van der Waals surface area (Å²) in [7, 11) is 1.42. The fraction of sp³-hybridized carbons (Fsp3) is 0.133. The van der Waals surface area contributed by atoms with Crippen molar-refractivity contribution in [3.8, 4) is 5.75 Å². The topological polar surface area (TPSA) is 95.7 Å². The van der Waals surface area contributed by atoms with Gasteiger partial charge in [0.15, 0.2) is 5.43 Å². The van der Waals surface area contributed by atoms with Gasteiger partial charge < -0.3 is 19.3 Å². The molecule has 2 heterocycles. The first-order valence-electron chi connectivity index (χ1n) is 6.31. The summed E-state index contributed by atoms with van der Waals surface area (Å²) in [6, 6.07) is 4.30. The molecule has 0 atom stereocenters. The summed E-state index contributed by atoms with van der Waals surface area (Å²) in [6.45, 7) is 1.66. The highest BCUT2D eigenvalue weighted by atomic mass is 32.1. The third kappa shape index (κ3) is 2.06. The van der Waals surface area contributed by atoms with Crippen molar-refractivity contribution in [3.05, 3.63) is 50.2 Å². The molecule has 0 bridgehead atoms. The van der Waals surface area contributed by atoms with Crippen molar-refractivity contribution in [1.29, 1.82) is 0 Å². The molecule has 3 rings (SSSR count). The first kappa shape index (κ1) is 14.3. The minimum atomic E-state index is -0.656. The van der Waals surface area contributed by atoms with Gasteiger partial charge in [-0.05, 0) is 13.0 Å². The number of hydrogen-bond donors (Lipinski definition) is 1. The number of aryl methyl sites for hydroxylation is 1. The van der Waals surface area contributed by atoms with Crippen LogP contribution in [0.2, 0.25) is 0 Å². The largest absolute Gasteiger partial charge is 0.495 e. The lowest BCUT2D eigenvalue weighted by Gasteiger charge is -2.09. The van der Waals surface area contributed by atoms with Gasteiger partial charge in [-0.25, -0.2) is 4.79 Å². The van der Waals surface area contributed by atoms with Gasteiger partial charge in [-0.3, -0.25) is 4.79 Å². The average Bonchev–Trinajstić information content (AvgIpc) is 2.43. The second-order valence-corrected chi connectivity index (χ2v) is 5.17. The van der Waals surface area contributed by atoms with Crippen LogP contribution in [0.15, 0.2) is 36.6 Å². The summed E-state index contributed by atoms with van der Waals surface area (Å²) in [5, 5.41) is 0.692. The molecule has 0 radical (unpaired) electrons. The van der Waals surface area contributed by atoms with Crippen LogP contribution in [0, 0.1) is 6.92 Å². The van der Waals surface area contributed by atoms with E-state index < -0.39 is 5.63 Å². The number of thiocarbonyl (C=S) groups is 1. The fourth-order valence-electron chi connectivity index (χ4n) is 2.36. The van der Waals surface area contributed by atoms with E-state index in [1.54, 1.807) is 6.92 Å². The minimum Gasteiger partial charge on any atom is -0.495 e. The highest BCUT2D eigenvalue weighted by Crippen LogP contribution is 2.33. The maximum atomic E-state index is 12.2. The molecular weight excluding hydrogens is 306 g/mol. The van der Waals surface area contributed by atoms with Crippen molar-refractivity contribution < 1.29 is 13.6 Å². The number of rotatable bonds is 2. The third-order valence-electron chi connectivity index (χ3n) is 3.28. The molecule has 1 aromatic carbocycles. The number of nitrogens with two attached hydrogens (primary N) is 1. The average molecular weight is 317 g/mol. The predicted molar refractivity (Wildman–Crippen MR) is 85.7 cm³/mol. The Hall–Kier alpha value is -2.67. The molecule has 2 aromatic heterocycles. The van der Waals surface area contributed by atoms with Crippen molar-refractivity contribution in [2.24, 2.45) is 5.73 Å². The molecule has 22 heavy (non-hydrogen) atoms. The molecule has 0 aliphatic carbocycles. The second-order valence-electron chi connectivity index (χ2n) is 4.73. The van der Waals surface area contributed by atoms with Crippen LogP contribution in [0.5, 0.6) is 5.75 Å². The van der Waals surface area contributed by atoms with Gasteiger partial charge in [0.25, 0.3) is 0 Å². The van der Waals surface area contributed by atoms with Gasteiger partial charge >= 0.3 is 5.63 Å². The zero-order chi connectivity index (χ0) is 16.0. The lowest BCUT2D eigenvalue weighted by atomic mass is 10.1. The molecule has 0 saturated heterocycles. The lowest BCUT2D eigenvalue weighted by molar-refractivity contribution is 0.422. The maximum Gasteiger partial charge on any atom is 0.346 e. The molecule has 0 aliphatic rings. The van der Waals surface area contributed by atoms with E-state index in [1.165, 1.54) is 25.3 Å². The van der Waals surface area contributed by atoms with Crippen LogP contribution in [0.1, 0.15) is 11.3 Å². The zero-order valence-corrected chi connectivity index (χ0v) is 12.6. The van der Waals surface area contributed by atoms with Gasteiger partial charge in [-0.1, -0.05) is 12.2 Å². The molecule has 0 aliphatic heterocycles. The Kier molecular flexibility index (Phi) is 3.22. The Bertz CT molecular complexity index is 1050. The monoisotopic (exact) mass is 317 g/mol. The number of ether oxygens (including phenoxy) is 1. The van der Waals surface area contributed by atoms with Gasteiger partial charge in [0, 0.05) is 12.1 Å². The summed E-state index contributed by atoms with van der Waals surface area (Å²) in [4.78, 5) is 24.0. The molecule has 6 nitrogen and oxygen atoms in total. The van der Waals surface area contributed by atoms with Gasteiger partial charge in [-0.15, -0.1) is 0 Å². The summed E-state index contributed by atoms with van der Waals surface area (Å²) in [5.41, 5.74) is 5.16. The first-order valence-corrected chi connectivity index (χ1v) is 6.72. The van der Waals surface area contributed by atoms with Gasteiger partial charge in [0.05, 0.1) is 18.1 Å². The smallest absolute Gasteiger partial charge is 0.346 e. The van der Waals surface area contributed by atoms with E-state index in [2.05, 4.69) is 0 Å². The molecule has 0 saturated carbocycles. The fourth-order valence-corrected chi connectivity index (χ4v) is 2.51. The van der Waals surface area contributed by atoms with Crippen LogP contribution < -0.4 is 21.5 Å². The Morgan fingerprint density at radius 1 is 1.18 bits per heavy atom. The number of benzene rings is 1. The van der Waals surface area contributed by atoms with Crippen molar-refractivity contribution in [2.45, 2.75) is 6.92 Å². The maximum absolute atomic E-state index is 12.2. The van der Waals surface area contributed by atoms with Crippen LogP contribution in [-0.2, 0) is 0 Å². The Morgan fingerprint density at radius 3 is 2.55 bits per heavy atom. The predicted octanol–water partition coefficient (Wildman–Crippen LogP) is 1.85. The normalized spacial score (nSPS) is 11.0. The van der Waals surface area contributed by atoms with Crippen LogP contribution in [0.4, 0.5) is 0 Å². The molecule has 2 N–H and O–H groups in total. The third-order valence-corrected chi connectivity index (χ3v) is 3.50. The highest BCUT2D eigenvalue weighted by Gasteiger charge is 2.17. The molecule has 0 amide bonds. The van der Waals surface area contributed by atoms with E-state index in [4.69, 9.17) is 31.5 Å². The first-order chi connectivity index (χ1) is 10.4. The summed E-state index contributed by atoms with van der Waals surface area (Å²) in [6.07, 6.45) is 0. The summed E-state index contributed by atoms with van der Waals surface area (Å²) in [5.74, 6) is 0.698. The lowest BCUT2D eigenvalue weighted by Crippen LogP contribution is -2.19. The van der Waals surface area contributed by atoms with E-state index in [-0.39, 0.29) is 38.3 Å². The van der Waals surface area contributed by atoms with Crippen LogP contribution >= 0.6 is 12.2 Å². The number of fused-ring (bicyclic) bond motifs is 2. The van der Waals surface area contributed by atoms with E-state index in [1.807, 2.05) is 0 Å². The summed E-state index contributed by atoms with van der Waals surface area (Å²) >= 11 is 4.83. The zero-order valence-electron chi connectivity index (χ0n) is 11.8. The Labute approximate surface area is 129 Å². The van der Waals surface area contributed by atoms with Crippen molar-refractivity contribution in [1.82, 2.24) is 0 Å². The SMILES string of the molecule is COc1c2cc(C(N)=S)c(=O)oc2cc2oc(C)cc(=O)c12. The number of hydrogen-bond acceptors (Lipinski definition) is 6. The molecule has 112 valence electrons. The Balaban J connectivity index is 2.59. The van der Waals surface area contributed by atoms with E-state index in [0.29, 0.717) is 11.1 Å². The molecule has 0 unspecified atom stereocenters. The van der Waals surface area contributed by atoms with Crippen molar-refractivity contribution in [3.63, 3.8) is 0 Å². The van der Waals surface area contributed by atoms with Crippen LogP contribution in [0.25, 0.3) is 21.9 Å². The molecular formula is C15H11NO5S. The van der Waals surface area contributed by atoms with Crippen LogP contribution in [0.3, 0.4) is 0 Å². The van der Waals surface area contributed by atoms with Gasteiger partial charge in [0.2, 0.25) is 0 Å². The van der Waals surface area contributed by atoms with Crippen LogP contribution in [-0.4, -0.2) is 12.1 Å². The van der Waals surface area contributed by atoms with Crippen molar-refractivity contribution in [2.75, 3.05) is 7.11 Å². The minimum absolute atomic E-state index is 0.0525. The second kappa shape index (κ2) is 4.96. The molecule has 7 heteroatoms. The molecule has 3 aromatic rings. The highest BCUT2D eigenvalue weighted by molar-refractivity contribution is 7.80.